The summed E-state index contributed by atoms with van der Waals surface area (Å²) >= 11 is 0. The molecule has 7 nitrogen and oxygen atoms in total. The fourth-order valence-electron chi connectivity index (χ4n) is 5.35. The minimum Gasteiger partial charge on any atom is -0.491 e. The van der Waals surface area contributed by atoms with Gasteiger partial charge in [0.15, 0.2) is 6.29 Å². The molecule has 0 amide bonds. The molecule has 4 fully saturated rings. The molecule has 40 heavy (non-hydrogen) atoms. The second kappa shape index (κ2) is 10.3. The average Bonchev–Trinajstić information content (AvgIpc) is 3.81. The zero-order valence-corrected chi connectivity index (χ0v) is 22.3. The lowest BCUT2D eigenvalue weighted by atomic mass is 9.89. The van der Waals surface area contributed by atoms with Gasteiger partial charge in [0.25, 0.3) is 0 Å². The standard InChI is InChI=1S/C33H32O7/c1-2-21-6-8-32(38-18-27-17-37-27)31(28(21)9-20(1)13-39-33-19-40-33)12-30-23(10-25-14-35-25)4-3-22-5-7-24(11-29(22)30)34-15-26-16-36-26/h1-9,11,25-27,33H,10,12-19H2. The molecule has 4 atom stereocenters. The fraction of sp³-hybridized carbons (Fsp3) is 0.394. The molecule has 7 heteroatoms. The van der Waals surface area contributed by atoms with E-state index in [0.717, 1.165) is 49.7 Å². The van der Waals surface area contributed by atoms with Gasteiger partial charge in [0.05, 0.1) is 32.5 Å². The van der Waals surface area contributed by atoms with Crippen LogP contribution in [0.15, 0.2) is 60.7 Å². The topological polar surface area (TPSA) is 77.8 Å². The maximum atomic E-state index is 6.39. The molecule has 0 saturated carbocycles. The number of benzene rings is 4. The van der Waals surface area contributed by atoms with Gasteiger partial charge in [0.1, 0.15) is 43.5 Å². The lowest BCUT2D eigenvalue weighted by Gasteiger charge is -2.19. The summed E-state index contributed by atoms with van der Waals surface area (Å²) in [6, 6.07) is 21.7. The van der Waals surface area contributed by atoms with Gasteiger partial charge in [0, 0.05) is 18.4 Å². The number of rotatable bonds is 13. The third kappa shape index (κ3) is 5.66. The molecule has 4 unspecified atom stereocenters. The summed E-state index contributed by atoms with van der Waals surface area (Å²) in [4.78, 5) is 0. The molecule has 0 aromatic heterocycles. The van der Waals surface area contributed by atoms with Crippen molar-refractivity contribution in [2.75, 3.05) is 39.6 Å². The molecule has 0 N–H and O–H groups in total. The van der Waals surface area contributed by atoms with Crippen molar-refractivity contribution >= 4 is 21.5 Å². The summed E-state index contributed by atoms with van der Waals surface area (Å²) in [5.41, 5.74) is 4.88. The lowest BCUT2D eigenvalue weighted by Crippen LogP contribution is -2.08. The maximum absolute atomic E-state index is 6.39. The highest BCUT2D eigenvalue weighted by atomic mass is 16.8. The Hall–Kier alpha value is -3.20. The van der Waals surface area contributed by atoms with Crippen LogP contribution in [0.3, 0.4) is 0 Å². The van der Waals surface area contributed by atoms with E-state index >= 15 is 0 Å². The van der Waals surface area contributed by atoms with E-state index in [0.29, 0.717) is 26.4 Å². The normalized spacial score (nSPS) is 24.3. The number of ether oxygens (including phenoxy) is 7. The summed E-state index contributed by atoms with van der Waals surface area (Å²) in [5, 5.41) is 4.75. The first-order valence-corrected chi connectivity index (χ1v) is 14.2. The highest BCUT2D eigenvalue weighted by Crippen LogP contribution is 2.37. The molecule has 4 aromatic rings. The van der Waals surface area contributed by atoms with E-state index in [1.807, 2.05) is 0 Å². The van der Waals surface area contributed by atoms with Crippen molar-refractivity contribution < 1.29 is 33.2 Å². The Kier molecular flexibility index (Phi) is 6.35. The predicted octanol–water partition coefficient (Wildman–Crippen LogP) is 4.95. The van der Waals surface area contributed by atoms with Gasteiger partial charge in [-0.3, -0.25) is 0 Å². The van der Waals surface area contributed by atoms with Crippen molar-refractivity contribution in [3.63, 3.8) is 0 Å². The van der Waals surface area contributed by atoms with Crippen molar-refractivity contribution in [2.24, 2.45) is 0 Å². The van der Waals surface area contributed by atoms with E-state index in [-0.39, 0.29) is 24.6 Å². The van der Waals surface area contributed by atoms with E-state index in [4.69, 9.17) is 33.2 Å². The van der Waals surface area contributed by atoms with Gasteiger partial charge in [-0.1, -0.05) is 36.4 Å². The Labute approximate surface area is 232 Å². The molecule has 0 spiro atoms. The SMILES string of the molecule is c1cc2ccc(OCC3CO3)c(Cc3c(CC4CO4)ccc4ccc(OCC5CO5)cc34)c2cc1COC1CO1. The molecule has 4 heterocycles. The Morgan fingerprint density at radius 2 is 1.32 bits per heavy atom. The first-order chi connectivity index (χ1) is 19.7. The van der Waals surface area contributed by atoms with Crippen LogP contribution in [0.5, 0.6) is 11.5 Å². The van der Waals surface area contributed by atoms with Gasteiger partial charge in [-0.15, -0.1) is 0 Å². The molecule has 4 saturated heterocycles. The number of epoxide rings is 4. The third-order valence-electron chi connectivity index (χ3n) is 7.96. The predicted molar refractivity (Wildman–Crippen MR) is 149 cm³/mol. The number of fused-ring (bicyclic) bond motifs is 2. The zero-order valence-electron chi connectivity index (χ0n) is 22.3. The minimum absolute atomic E-state index is 0.0749. The molecule has 4 aliphatic rings. The highest BCUT2D eigenvalue weighted by molar-refractivity contribution is 5.92. The summed E-state index contributed by atoms with van der Waals surface area (Å²) in [6.07, 6.45) is 2.22. The van der Waals surface area contributed by atoms with Crippen LogP contribution in [0.25, 0.3) is 21.5 Å². The molecule has 4 aliphatic heterocycles. The highest BCUT2D eigenvalue weighted by Gasteiger charge is 2.27. The molecular weight excluding hydrogens is 508 g/mol. The van der Waals surface area contributed by atoms with Crippen LogP contribution in [-0.2, 0) is 43.1 Å². The number of hydrogen-bond donors (Lipinski definition) is 0. The molecular formula is C33H32O7. The van der Waals surface area contributed by atoms with Gasteiger partial charge >= 0.3 is 0 Å². The molecule has 0 bridgehead atoms. The van der Waals surface area contributed by atoms with Crippen LogP contribution in [-0.4, -0.2) is 64.2 Å². The van der Waals surface area contributed by atoms with E-state index in [2.05, 4.69) is 60.7 Å². The van der Waals surface area contributed by atoms with Crippen LogP contribution in [0.2, 0.25) is 0 Å². The Morgan fingerprint density at radius 1 is 0.650 bits per heavy atom. The first kappa shape index (κ1) is 24.6. The Bertz CT molecular complexity index is 1540. The summed E-state index contributed by atoms with van der Waals surface area (Å²) < 4.78 is 40.0. The van der Waals surface area contributed by atoms with Gasteiger partial charge in [-0.2, -0.15) is 0 Å². The summed E-state index contributed by atoms with van der Waals surface area (Å²) in [5.74, 6) is 1.77. The summed E-state index contributed by atoms with van der Waals surface area (Å²) in [7, 11) is 0. The second-order valence-electron chi connectivity index (χ2n) is 11.1. The van der Waals surface area contributed by atoms with Crippen molar-refractivity contribution in [3.05, 3.63) is 82.9 Å². The van der Waals surface area contributed by atoms with Crippen LogP contribution in [0.1, 0.15) is 22.3 Å². The van der Waals surface area contributed by atoms with Crippen LogP contribution in [0, 0.1) is 0 Å². The maximum Gasteiger partial charge on any atom is 0.181 e. The Balaban J connectivity index is 1.22. The van der Waals surface area contributed by atoms with Gasteiger partial charge in [0.2, 0.25) is 0 Å². The van der Waals surface area contributed by atoms with Crippen LogP contribution >= 0.6 is 0 Å². The van der Waals surface area contributed by atoms with Gasteiger partial charge in [-0.05, 0) is 62.5 Å². The Morgan fingerprint density at radius 3 is 2.08 bits per heavy atom. The van der Waals surface area contributed by atoms with E-state index in [9.17, 15) is 0 Å². The van der Waals surface area contributed by atoms with Crippen molar-refractivity contribution in [1.29, 1.82) is 0 Å². The first-order valence-electron chi connectivity index (χ1n) is 14.2. The molecule has 206 valence electrons. The third-order valence-corrected chi connectivity index (χ3v) is 7.96. The number of hydrogen-bond acceptors (Lipinski definition) is 7. The quantitative estimate of drug-likeness (QED) is 0.222. The van der Waals surface area contributed by atoms with Gasteiger partial charge in [-0.25, -0.2) is 0 Å². The fourth-order valence-corrected chi connectivity index (χ4v) is 5.35. The van der Waals surface area contributed by atoms with Crippen molar-refractivity contribution in [2.45, 2.75) is 44.1 Å². The summed E-state index contributed by atoms with van der Waals surface area (Å²) in [6.45, 7) is 4.69. The van der Waals surface area contributed by atoms with E-state index in [1.165, 1.54) is 38.2 Å². The van der Waals surface area contributed by atoms with Crippen molar-refractivity contribution in [1.82, 2.24) is 0 Å². The smallest absolute Gasteiger partial charge is 0.181 e. The van der Waals surface area contributed by atoms with E-state index in [1.54, 1.807) is 0 Å². The molecule has 0 radical (unpaired) electrons. The second-order valence-corrected chi connectivity index (χ2v) is 11.1. The molecule has 4 aromatic carbocycles. The lowest BCUT2D eigenvalue weighted by molar-refractivity contribution is 0.0386. The zero-order chi connectivity index (χ0) is 26.5. The van der Waals surface area contributed by atoms with E-state index < -0.39 is 0 Å². The van der Waals surface area contributed by atoms with Crippen LogP contribution < -0.4 is 9.47 Å². The van der Waals surface area contributed by atoms with Crippen molar-refractivity contribution in [3.8, 4) is 11.5 Å². The largest absolute Gasteiger partial charge is 0.491 e. The minimum atomic E-state index is -0.0749. The average molecular weight is 541 g/mol. The molecule has 0 aliphatic carbocycles. The van der Waals surface area contributed by atoms with Gasteiger partial charge < -0.3 is 33.2 Å². The monoisotopic (exact) mass is 540 g/mol. The van der Waals surface area contributed by atoms with Crippen LogP contribution in [0.4, 0.5) is 0 Å². The molecule has 8 rings (SSSR count).